The molecule has 1 aliphatic carbocycles. The van der Waals surface area contributed by atoms with Gasteiger partial charge in [-0.2, -0.15) is 0 Å². The zero-order chi connectivity index (χ0) is 14.4. The Kier molecular flexibility index (Phi) is 5.59. The summed E-state index contributed by atoms with van der Waals surface area (Å²) in [5.74, 6) is -0.129. The van der Waals surface area contributed by atoms with Gasteiger partial charge in [-0.1, -0.05) is 32.1 Å². The Morgan fingerprint density at radius 1 is 1.10 bits per heavy atom. The van der Waals surface area contributed by atoms with Crippen molar-refractivity contribution in [1.29, 1.82) is 0 Å². The quantitative estimate of drug-likeness (QED) is 0.895. The van der Waals surface area contributed by atoms with Gasteiger partial charge in [0.2, 0.25) is 5.91 Å². The van der Waals surface area contributed by atoms with Crippen LogP contribution in [-0.4, -0.2) is 17.9 Å². The van der Waals surface area contributed by atoms with Gasteiger partial charge in [0.1, 0.15) is 0 Å². The van der Waals surface area contributed by atoms with Crippen molar-refractivity contribution in [1.82, 2.24) is 5.32 Å². The first-order valence-corrected chi connectivity index (χ1v) is 8.15. The normalized spacial score (nSPS) is 17.1. The fourth-order valence-electron chi connectivity index (χ4n) is 2.56. The summed E-state index contributed by atoms with van der Waals surface area (Å²) in [6, 6.07) is 3.85. The maximum Gasteiger partial charge on any atom is 0.261 e. The third-order valence-electron chi connectivity index (χ3n) is 3.57. The lowest BCUT2D eigenvalue weighted by molar-refractivity contribution is -0.114. The molecule has 1 aliphatic rings. The monoisotopic (exact) mass is 294 g/mol. The number of amides is 2. The van der Waals surface area contributed by atoms with Gasteiger partial charge in [-0.3, -0.25) is 9.59 Å². The molecule has 2 rings (SSSR count). The molecule has 110 valence electrons. The van der Waals surface area contributed by atoms with E-state index in [-0.39, 0.29) is 11.8 Å². The van der Waals surface area contributed by atoms with Crippen molar-refractivity contribution >= 4 is 28.2 Å². The minimum absolute atomic E-state index is 0.0165. The molecular formula is C15H22N2O2S. The maximum atomic E-state index is 12.2. The topological polar surface area (TPSA) is 58.2 Å². The van der Waals surface area contributed by atoms with E-state index in [9.17, 15) is 9.59 Å². The van der Waals surface area contributed by atoms with Crippen molar-refractivity contribution < 1.29 is 9.59 Å². The van der Waals surface area contributed by atoms with Gasteiger partial charge in [-0.05, 0) is 25.0 Å². The zero-order valence-electron chi connectivity index (χ0n) is 11.9. The summed E-state index contributed by atoms with van der Waals surface area (Å²) in [5.41, 5.74) is 0. The molecule has 0 bridgehead atoms. The van der Waals surface area contributed by atoms with E-state index < -0.39 is 0 Å². The molecule has 1 heterocycles. The Balaban J connectivity index is 1.89. The minimum atomic E-state index is -0.112. The van der Waals surface area contributed by atoms with Crippen LogP contribution in [-0.2, 0) is 4.79 Å². The van der Waals surface area contributed by atoms with Crippen LogP contribution >= 0.6 is 11.3 Å². The van der Waals surface area contributed by atoms with Gasteiger partial charge in [0.15, 0.2) is 0 Å². The minimum Gasteiger partial charge on any atom is -0.349 e. The molecule has 4 nitrogen and oxygen atoms in total. The number of hydrogen-bond acceptors (Lipinski definition) is 3. The highest BCUT2D eigenvalue weighted by atomic mass is 32.1. The Morgan fingerprint density at radius 2 is 1.75 bits per heavy atom. The fourth-order valence-corrected chi connectivity index (χ4v) is 3.41. The van der Waals surface area contributed by atoms with Crippen molar-refractivity contribution in [2.24, 2.45) is 0 Å². The number of nitrogens with one attached hydrogen (secondary N) is 2. The van der Waals surface area contributed by atoms with Crippen LogP contribution in [0.5, 0.6) is 0 Å². The van der Waals surface area contributed by atoms with Crippen LogP contribution < -0.4 is 10.6 Å². The molecule has 0 atom stereocenters. The van der Waals surface area contributed by atoms with Gasteiger partial charge in [-0.15, -0.1) is 11.3 Å². The number of rotatable bonds is 3. The van der Waals surface area contributed by atoms with Crippen LogP contribution in [0.2, 0.25) is 0 Å². The summed E-state index contributed by atoms with van der Waals surface area (Å²) in [7, 11) is 0. The molecule has 20 heavy (non-hydrogen) atoms. The predicted octanol–water partition coefficient (Wildman–Crippen LogP) is 3.55. The van der Waals surface area contributed by atoms with Crippen LogP contribution in [0.25, 0.3) is 0 Å². The molecule has 1 saturated carbocycles. The molecule has 2 N–H and O–H groups in total. The van der Waals surface area contributed by atoms with Crippen LogP contribution in [0.15, 0.2) is 12.1 Å². The van der Waals surface area contributed by atoms with E-state index in [1.54, 1.807) is 12.1 Å². The third kappa shape index (κ3) is 4.63. The number of anilines is 1. The molecule has 2 amide bonds. The van der Waals surface area contributed by atoms with E-state index >= 15 is 0 Å². The first-order chi connectivity index (χ1) is 9.65. The van der Waals surface area contributed by atoms with E-state index in [0.717, 1.165) is 17.8 Å². The van der Waals surface area contributed by atoms with E-state index in [0.29, 0.717) is 10.9 Å². The molecule has 0 aliphatic heterocycles. The van der Waals surface area contributed by atoms with E-state index in [4.69, 9.17) is 0 Å². The molecule has 0 unspecified atom stereocenters. The van der Waals surface area contributed by atoms with Crippen molar-refractivity contribution in [2.75, 3.05) is 5.32 Å². The highest BCUT2D eigenvalue weighted by molar-refractivity contribution is 7.18. The maximum absolute atomic E-state index is 12.2. The number of carbonyl (C=O) groups excluding carboxylic acids is 2. The van der Waals surface area contributed by atoms with Crippen LogP contribution in [0, 0.1) is 0 Å². The van der Waals surface area contributed by atoms with E-state index in [1.165, 1.54) is 50.4 Å². The lowest BCUT2D eigenvalue weighted by Gasteiger charge is -2.20. The highest BCUT2D eigenvalue weighted by Crippen LogP contribution is 2.23. The summed E-state index contributed by atoms with van der Waals surface area (Å²) in [4.78, 5) is 23.8. The first-order valence-electron chi connectivity index (χ1n) is 7.33. The predicted molar refractivity (Wildman–Crippen MR) is 82.2 cm³/mol. The van der Waals surface area contributed by atoms with Gasteiger partial charge in [0.25, 0.3) is 5.91 Å². The average molecular weight is 294 g/mol. The first kappa shape index (κ1) is 15.0. The molecule has 1 aromatic heterocycles. The highest BCUT2D eigenvalue weighted by Gasteiger charge is 2.16. The summed E-state index contributed by atoms with van der Waals surface area (Å²) < 4.78 is 0. The molecule has 0 spiro atoms. The lowest BCUT2D eigenvalue weighted by Crippen LogP contribution is -2.34. The summed E-state index contributed by atoms with van der Waals surface area (Å²) in [6.07, 6.45) is 8.44. The molecule has 5 heteroatoms. The summed E-state index contributed by atoms with van der Waals surface area (Å²) in [6.45, 7) is 1.47. The van der Waals surface area contributed by atoms with Crippen molar-refractivity contribution in [3.05, 3.63) is 17.0 Å². The summed E-state index contributed by atoms with van der Waals surface area (Å²) in [5, 5.41) is 6.55. The molecule has 1 fully saturated rings. The largest absolute Gasteiger partial charge is 0.349 e. The number of thiophene rings is 1. The molecular weight excluding hydrogens is 272 g/mol. The molecule has 0 saturated heterocycles. The van der Waals surface area contributed by atoms with Crippen molar-refractivity contribution in [3.63, 3.8) is 0 Å². The Hall–Kier alpha value is -1.36. The van der Waals surface area contributed by atoms with Crippen molar-refractivity contribution in [3.8, 4) is 0 Å². The van der Waals surface area contributed by atoms with E-state index in [2.05, 4.69) is 10.6 Å². The van der Waals surface area contributed by atoms with Crippen LogP contribution in [0.3, 0.4) is 0 Å². The second-order valence-corrected chi connectivity index (χ2v) is 6.44. The zero-order valence-corrected chi connectivity index (χ0v) is 12.7. The Labute approximate surface area is 124 Å². The van der Waals surface area contributed by atoms with Gasteiger partial charge < -0.3 is 10.6 Å². The number of hydrogen-bond donors (Lipinski definition) is 2. The molecule has 1 aromatic rings. The Morgan fingerprint density at radius 3 is 2.40 bits per heavy atom. The molecule has 0 radical (unpaired) electrons. The van der Waals surface area contributed by atoms with E-state index in [1.807, 2.05) is 0 Å². The number of carbonyl (C=O) groups is 2. The second-order valence-electron chi connectivity index (χ2n) is 5.36. The fraction of sp³-hybridized carbons (Fsp3) is 0.600. The smallest absolute Gasteiger partial charge is 0.261 e. The summed E-state index contributed by atoms with van der Waals surface area (Å²) >= 11 is 1.32. The van der Waals surface area contributed by atoms with Gasteiger partial charge in [-0.25, -0.2) is 0 Å². The average Bonchev–Trinajstić information content (AvgIpc) is 2.80. The van der Waals surface area contributed by atoms with Gasteiger partial charge >= 0.3 is 0 Å². The van der Waals surface area contributed by atoms with Crippen molar-refractivity contribution in [2.45, 2.75) is 57.9 Å². The van der Waals surface area contributed by atoms with Gasteiger partial charge in [0.05, 0.1) is 9.88 Å². The molecule has 0 aromatic carbocycles. The third-order valence-corrected chi connectivity index (χ3v) is 4.57. The SMILES string of the molecule is CC(=O)Nc1ccc(C(=O)NC2CCCCCCC2)s1. The van der Waals surface area contributed by atoms with Gasteiger partial charge in [0, 0.05) is 13.0 Å². The standard InChI is InChI=1S/C15H22N2O2S/c1-11(18)16-14-10-9-13(20-14)15(19)17-12-7-5-3-2-4-6-8-12/h9-10,12H,2-8H2,1H3,(H,16,18)(H,17,19). The Bertz CT molecular complexity index is 462. The lowest BCUT2D eigenvalue weighted by atomic mass is 9.97. The van der Waals surface area contributed by atoms with Crippen LogP contribution in [0.1, 0.15) is 61.5 Å². The second kappa shape index (κ2) is 7.43. The van der Waals surface area contributed by atoms with Crippen LogP contribution in [0.4, 0.5) is 5.00 Å².